The van der Waals surface area contributed by atoms with Crippen molar-refractivity contribution in [3.8, 4) is 5.75 Å². The fraction of sp³-hybridized carbons (Fsp3) is 0.474. The van der Waals surface area contributed by atoms with E-state index in [4.69, 9.17) is 0 Å². The Bertz CT molecular complexity index is 948. The zero-order valence-corrected chi connectivity index (χ0v) is 15.7. The third-order valence-electron chi connectivity index (χ3n) is 6.24. The number of nitrogens with one attached hydrogen (secondary N) is 1. The third-order valence-corrected chi connectivity index (χ3v) is 7.08. The molecule has 140 valence electrons. The van der Waals surface area contributed by atoms with Gasteiger partial charge in [0, 0.05) is 17.9 Å². The van der Waals surface area contributed by atoms with Gasteiger partial charge in [-0.05, 0) is 42.4 Å². The molecule has 7 heteroatoms. The van der Waals surface area contributed by atoms with Crippen LogP contribution in [0.1, 0.15) is 33.1 Å². The van der Waals surface area contributed by atoms with Crippen molar-refractivity contribution in [2.24, 2.45) is 16.7 Å². The Kier molecular flexibility index (Phi) is 4.56. The number of rotatable bonds is 2. The van der Waals surface area contributed by atoms with E-state index in [2.05, 4.69) is 4.98 Å². The first-order valence-electron chi connectivity index (χ1n) is 8.62. The lowest BCUT2D eigenvalue weighted by Gasteiger charge is -2.37. The molecule has 1 aromatic carbocycles. The fourth-order valence-corrected chi connectivity index (χ4v) is 5.83. The number of aromatic hydroxyl groups is 1. The second kappa shape index (κ2) is 6.32. The van der Waals surface area contributed by atoms with Gasteiger partial charge in [-0.3, -0.25) is 4.79 Å². The smallest absolute Gasteiger partial charge is 0.252 e. The summed E-state index contributed by atoms with van der Waals surface area (Å²) < 4.78 is 32.7. The van der Waals surface area contributed by atoms with Gasteiger partial charge in [0.05, 0.1) is 21.3 Å². The summed E-state index contributed by atoms with van der Waals surface area (Å²) in [5, 5.41) is 10.4. The normalized spacial score (nSPS) is 26.6. The van der Waals surface area contributed by atoms with Crippen LogP contribution in [0, 0.1) is 16.7 Å². The van der Waals surface area contributed by atoms with Gasteiger partial charge >= 0.3 is 0 Å². The van der Waals surface area contributed by atoms with Crippen molar-refractivity contribution in [2.45, 2.75) is 33.1 Å². The number of fused-ring (bicyclic) bond motifs is 3. The Morgan fingerprint density at radius 1 is 1.27 bits per heavy atom. The van der Waals surface area contributed by atoms with Crippen LogP contribution in [0.3, 0.4) is 0 Å². The summed E-state index contributed by atoms with van der Waals surface area (Å²) in [6, 6.07) is 9.29. The quantitative estimate of drug-likeness (QED) is 0.808. The van der Waals surface area contributed by atoms with Gasteiger partial charge in [0.25, 0.3) is 5.52 Å². The number of aromatic amines is 1. The highest BCUT2D eigenvalue weighted by molar-refractivity contribution is 7.85. The SMILES string of the molecule is CC1(C)C2CC[C@@]1(CS(=O)(=O)[O-])C(=O)C2.Oc1cccc2ccc[nH+]c12. The number of hydrogen-bond donors (Lipinski definition) is 1. The second-order valence-electron chi connectivity index (χ2n) is 7.78. The van der Waals surface area contributed by atoms with E-state index < -0.39 is 21.3 Å². The average Bonchev–Trinajstić information content (AvgIpc) is 2.89. The molecule has 0 saturated heterocycles. The zero-order valence-electron chi connectivity index (χ0n) is 14.9. The number of phenols is 1. The lowest BCUT2D eigenvalue weighted by atomic mass is 9.70. The molecule has 2 aliphatic carbocycles. The molecule has 2 atom stereocenters. The van der Waals surface area contributed by atoms with Crippen LogP contribution in [-0.2, 0) is 14.9 Å². The molecular weight excluding hydrogens is 354 g/mol. The third kappa shape index (κ3) is 3.10. The number of para-hydroxylation sites is 1. The molecule has 2 bridgehead atoms. The van der Waals surface area contributed by atoms with E-state index in [9.17, 15) is 22.9 Å². The van der Waals surface area contributed by atoms with Gasteiger partial charge in [-0.25, -0.2) is 13.4 Å². The molecule has 0 aliphatic heterocycles. The number of pyridine rings is 1. The van der Waals surface area contributed by atoms with Crippen molar-refractivity contribution >= 4 is 26.8 Å². The molecule has 2 aromatic rings. The molecule has 0 amide bonds. The summed E-state index contributed by atoms with van der Waals surface area (Å²) in [5.41, 5.74) is -0.435. The van der Waals surface area contributed by atoms with Crippen LogP contribution in [-0.4, -0.2) is 29.6 Å². The maximum absolute atomic E-state index is 11.8. The minimum Gasteiger partial charge on any atom is -0.748 e. The van der Waals surface area contributed by atoms with E-state index in [0.717, 1.165) is 17.3 Å². The molecule has 2 fully saturated rings. The monoisotopic (exact) mass is 377 g/mol. The van der Waals surface area contributed by atoms with Crippen LogP contribution in [0.25, 0.3) is 10.9 Å². The number of phenolic OH excluding ortho intramolecular Hbond substituents is 1. The van der Waals surface area contributed by atoms with Crippen LogP contribution < -0.4 is 4.98 Å². The van der Waals surface area contributed by atoms with Crippen molar-refractivity contribution in [3.63, 3.8) is 0 Å². The van der Waals surface area contributed by atoms with Crippen LogP contribution in [0.5, 0.6) is 5.75 Å². The summed E-state index contributed by atoms with van der Waals surface area (Å²) in [6.45, 7) is 3.83. The molecule has 2 N–H and O–H groups in total. The maximum Gasteiger partial charge on any atom is 0.252 e. The Labute approximate surface area is 153 Å². The number of Topliss-reactive ketones (excluding diaryl/α,β-unsaturated/α-hetero) is 1. The predicted molar refractivity (Wildman–Crippen MR) is 95.3 cm³/mol. The number of ketones is 1. The summed E-state index contributed by atoms with van der Waals surface area (Å²) in [5.74, 6) is 0.0144. The number of hydrogen-bond acceptors (Lipinski definition) is 5. The van der Waals surface area contributed by atoms with E-state index in [1.807, 2.05) is 38.1 Å². The standard InChI is InChI=1S/C10H16O4S.C9H7NO/c1-9(2)7-3-4-10(9,8(11)5-7)6-15(12,13)14;11-8-5-1-3-7-4-2-6-10-9(7)8/h7H,3-6H2,1-2H3,(H,12,13,14);1-6,11H/t7?,10-;/m1./s1. The fourth-order valence-electron chi connectivity index (χ4n) is 4.55. The van der Waals surface area contributed by atoms with Gasteiger partial charge in [-0.2, -0.15) is 0 Å². The minimum absolute atomic E-state index is 0.0248. The van der Waals surface area contributed by atoms with Crippen molar-refractivity contribution in [1.29, 1.82) is 0 Å². The molecule has 2 saturated carbocycles. The largest absolute Gasteiger partial charge is 0.748 e. The zero-order chi connectivity index (χ0) is 19.2. The van der Waals surface area contributed by atoms with E-state index in [-0.39, 0.29) is 17.1 Å². The molecule has 6 nitrogen and oxygen atoms in total. The van der Waals surface area contributed by atoms with Crippen molar-refractivity contribution in [2.75, 3.05) is 5.75 Å². The molecular formula is C19H23NO5S. The Balaban J connectivity index is 0.000000158. The first-order valence-corrected chi connectivity index (χ1v) is 10.2. The van der Waals surface area contributed by atoms with E-state index in [1.165, 1.54) is 0 Å². The highest BCUT2D eigenvalue weighted by Crippen LogP contribution is 2.64. The van der Waals surface area contributed by atoms with Gasteiger partial charge < -0.3 is 9.66 Å². The Morgan fingerprint density at radius 2 is 1.96 bits per heavy atom. The van der Waals surface area contributed by atoms with Gasteiger partial charge in [0.2, 0.25) is 0 Å². The van der Waals surface area contributed by atoms with E-state index in [0.29, 0.717) is 18.6 Å². The number of aromatic nitrogens is 1. The van der Waals surface area contributed by atoms with Gasteiger partial charge in [0.15, 0.2) is 11.9 Å². The van der Waals surface area contributed by atoms with E-state index >= 15 is 0 Å². The molecule has 26 heavy (non-hydrogen) atoms. The summed E-state index contributed by atoms with van der Waals surface area (Å²) >= 11 is 0. The van der Waals surface area contributed by atoms with Gasteiger partial charge in [-0.1, -0.05) is 19.9 Å². The lowest BCUT2D eigenvalue weighted by molar-refractivity contribution is -0.345. The molecule has 4 rings (SSSR count). The van der Waals surface area contributed by atoms with Crippen LogP contribution >= 0.6 is 0 Å². The first-order chi connectivity index (χ1) is 12.1. The minimum atomic E-state index is -4.33. The summed E-state index contributed by atoms with van der Waals surface area (Å²) in [7, 11) is -4.33. The second-order valence-corrected chi connectivity index (χ2v) is 9.18. The molecule has 0 spiro atoms. The van der Waals surface area contributed by atoms with Crippen LogP contribution in [0.2, 0.25) is 0 Å². The topological polar surface area (TPSA) is 109 Å². The van der Waals surface area contributed by atoms with Gasteiger partial charge in [0.1, 0.15) is 5.78 Å². The lowest BCUT2D eigenvalue weighted by Crippen LogP contribution is -2.42. The first kappa shape index (κ1) is 18.8. The van der Waals surface area contributed by atoms with E-state index in [1.54, 1.807) is 12.3 Å². The number of carbonyl (C=O) groups excluding carboxylic acids is 1. The molecule has 0 radical (unpaired) electrons. The predicted octanol–water partition coefficient (Wildman–Crippen LogP) is 2.29. The van der Waals surface area contributed by atoms with Crippen molar-refractivity contribution < 1.29 is 27.9 Å². The summed E-state index contributed by atoms with van der Waals surface area (Å²) in [4.78, 5) is 14.8. The molecule has 1 heterocycles. The molecule has 1 aromatic heterocycles. The molecule has 1 unspecified atom stereocenters. The maximum atomic E-state index is 11.8. The highest BCUT2D eigenvalue weighted by Gasteiger charge is 2.64. The average molecular weight is 377 g/mol. The van der Waals surface area contributed by atoms with Gasteiger partial charge in [-0.15, -0.1) is 0 Å². The number of carbonyl (C=O) groups is 1. The van der Waals surface area contributed by atoms with Crippen molar-refractivity contribution in [3.05, 3.63) is 36.5 Å². The Hall–Kier alpha value is -1.99. The van der Waals surface area contributed by atoms with Crippen molar-refractivity contribution in [1.82, 2.24) is 0 Å². The molecule has 2 aliphatic rings. The highest BCUT2D eigenvalue weighted by atomic mass is 32.2. The summed E-state index contributed by atoms with van der Waals surface area (Å²) in [6.07, 6.45) is 3.67. The van der Waals surface area contributed by atoms with Crippen LogP contribution in [0.15, 0.2) is 36.5 Å². The Morgan fingerprint density at radius 3 is 2.50 bits per heavy atom. The number of benzene rings is 1. The number of H-pyrrole nitrogens is 1. The van der Waals surface area contributed by atoms with Crippen LogP contribution in [0.4, 0.5) is 0 Å².